The van der Waals surface area contributed by atoms with Gasteiger partial charge in [0.15, 0.2) is 6.10 Å². The Kier molecular flexibility index (Phi) is 2.49. The van der Waals surface area contributed by atoms with Crippen LogP contribution in [0.3, 0.4) is 0 Å². The molecule has 1 aliphatic heterocycles. The molecule has 2 rings (SSSR count). The number of halogens is 3. The fourth-order valence-corrected chi connectivity index (χ4v) is 1.91. The predicted molar refractivity (Wildman–Crippen MR) is 56.6 cm³/mol. The van der Waals surface area contributed by atoms with E-state index in [0.29, 0.717) is 5.56 Å². The monoisotopic (exact) mass is 266 g/mol. The van der Waals surface area contributed by atoms with Crippen molar-refractivity contribution >= 4 is 40.8 Å². The third kappa shape index (κ3) is 1.87. The van der Waals surface area contributed by atoms with E-state index in [-0.39, 0.29) is 11.3 Å². The van der Waals surface area contributed by atoms with Gasteiger partial charge in [-0.1, -0.05) is 40.9 Å². The minimum Gasteiger partial charge on any atom is -0.508 e. The van der Waals surface area contributed by atoms with Crippen LogP contribution in [0.1, 0.15) is 22.0 Å². The minimum absolute atomic E-state index is 0.0318. The number of rotatable bonds is 0. The predicted octanol–water partition coefficient (Wildman–Crippen LogP) is 2.97. The Labute approximate surface area is 100 Å². The van der Waals surface area contributed by atoms with E-state index in [9.17, 15) is 9.90 Å². The maximum absolute atomic E-state index is 11.4. The Morgan fingerprint density at radius 3 is 2.60 bits per heavy atom. The lowest BCUT2D eigenvalue weighted by atomic mass is 10.1. The summed E-state index contributed by atoms with van der Waals surface area (Å²) in [6.07, 6.45) is -0.925. The van der Waals surface area contributed by atoms with Crippen LogP contribution in [0.15, 0.2) is 18.2 Å². The summed E-state index contributed by atoms with van der Waals surface area (Å²) in [6.45, 7) is 0. The number of alkyl halides is 3. The number of phenols is 1. The van der Waals surface area contributed by atoms with Crippen LogP contribution in [-0.4, -0.2) is 14.9 Å². The fraction of sp³-hybridized carbons (Fsp3) is 0.222. The van der Waals surface area contributed by atoms with E-state index in [1.165, 1.54) is 18.2 Å². The molecule has 3 nitrogen and oxygen atoms in total. The van der Waals surface area contributed by atoms with E-state index in [4.69, 9.17) is 39.5 Å². The van der Waals surface area contributed by atoms with Gasteiger partial charge in [-0.15, -0.1) is 0 Å². The van der Waals surface area contributed by atoms with Gasteiger partial charge >= 0.3 is 5.97 Å². The highest BCUT2D eigenvalue weighted by molar-refractivity contribution is 6.68. The van der Waals surface area contributed by atoms with Gasteiger partial charge in [0.1, 0.15) is 5.75 Å². The first-order valence-electron chi connectivity index (χ1n) is 4.00. The second-order valence-electron chi connectivity index (χ2n) is 3.10. The van der Waals surface area contributed by atoms with Gasteiger partial charge < -0.3 is 9.84 Å². The maximum atomic E-state index is 11.4. The Morgan fingerprint density at radius 1 is 1.33 bits per heavy atom. The lowest BCUT2D eigenvalue weighted by Crippen LogP contribution is -2.16. The molecule has 1 aromatic carbocycles. The summed E-state index contributed by atoms with van der Waals surface area (Å²) in [5, 5.41) is 9.20. The lowest BCUT2D eigenvalue weighted by Gasteiger charge is -2.18. The average Bonchev–Trinajstić information content (AvgIpc) is 2.43. The number of ether oxygens (including phenoxy) is 1. The molecule has 0 amide bonds. The molecule has 0 fully saturated rings. The van der Waals surface area contributed by atoms with Gasteiger partial charge in [-0.25, -0.2) is 4.79 Å². The summed E-state index contributed by atoms with van der Waals surface area (Å²) < 4.78 is 3.19. The minimum atomic E-state index is -1.71. The Balaban J connectivity index is 2.52. The Hall–Kier alpha value is -0.640. The van der Waals surface area contributed by atoms with Crippen molar-refractivity contribution in [2.45, 2.75) is 9.90 Å². The van der Waals surface area contributed by atoms with E-state index >= 15 is 0 Å². The standard InChI is InChI=1S/C9H5Cl3O3/c10-9(11,12)7-5-2-1-4(13)3-6(5)8(14)15-7/h1-3,7,13H/t7-/m1/s1. The maximum Gasteiger partial charge on any atom is 0.339 e. The second kappa shape index (κ2) is 3.44. The van der Waals surface area contributed by atoms with Crippen molar-refractivity contribution in [1.29, 1.82) is 0 Å². The molecule has 0 unspecified atom stereocenters. The summed E-state index contributed by atoms with van der Waals surface area (Å²) in [5.41, 5.74) is 0.698. The summed E-state index contributed by atoms with van der Waals surface area (Å²) in [7, 11) is 0. The summed E-state index contributed by atoms with van der Waals surface area (Å²) >= 11 is 17.0. The van der Waals surface area contributed by atoms with E-state index in [1.807, 2.05) is 0 Å². The molecule has 0 radical (unpaired) electrons. The van der Waals surface area contributed by atoms with Crippen LogP contribution in [0.5, 0.6) is 5.75 Å². The zero-order valence-corrected chi connectivity index (χ0v) is 9.47. The zero-order chi connectivity index (χ0) is 11.2. The lowest BCUT2D eigenvalue weighted by molar-refractivity contribution is 0.0393. The molecule has 0 aromatic heterocycles. The summed E-state index contributed by atoms with van der Waals surface area (Å²) in [4.78, 5) is 11.4. The molecule has 80 valence electrons. The third-order valence-corrected chi connectivity index (χ3v) is 2.66. The van der Waals surface area contributed by atoms with Crippen LogP contribution >= 0.6 is 34.8 Å². The SMILES string of the molecule is O=C1O[C@@H](C(Cl)(Cl)Cl)c2ccc(O)cc21. The first-order valence-corrected chi connectivity index (χ1v) is 5.13. The fourth-order valence-electron chi connectivity index (χ4n) is 1.43. The number of cyclic esters (lactones) is 1. The first-order chi connectivity index (χ1) is 6.89. The van der Waals surface area contributed by atoms with Crippen LogP contribution in [0, 0.1) is 0 Å². The number of carbonyl (C=O) groups excluding carboxylic acids is 1. The molecule has 0 saturated carbocycles. The van der Waals surface area contributed by atoms with Crippen LogP contribution in [0.25, 0.3) is 0 Å². The van der Waals surface area contributed by atoms with Crippen LogP contribution in [-0.2, 0) is 4.74 Å². The molecule has 6 heteroatoms. The number of esters is 1. The van der Waals surface area contributed by atoms with Crippen molar-refractivity contribution in [1.82, 2.24) is 0 Å². The molecule has 0 spiro atoms. The van der Waals surface area contributed by atoms with Crippen LogP contribution < -0.4 is 0 Å². The van der Waals surface area contributed by atoms with E-state index in [0.717, 1.165) is 0 Å². The molecular formula is C9H5Cl3O3. The van der Waals surface area contributed by atoms with E-state index in [2.05, 4.69) is 0 Å². The van der Waals surface area contributed by atoms with Crippen molar-refractivity contribution in [3.63, 3.8) is 0 Å². The van der Waals surface area contributed by atoms with Gasteiger partial charge in [0.25, 0.3) is 0 Å². The summed E-state index contributed by atoms with van der Waals surface area (Å²) in [5.74, 6) is -0.632. The van der Waals surface area contributed by atoms with Crippen molar-refractivity contribution in [3.8, 4) is 5.75 Å². The quantitative estimate of drug-likeness (QED) is 0.580. The molecule has 1 aromatic rings. The van der Waals surface area contributed by atoms with Gasteiger partial charge in [0, 0.05) is 5.56 Å². The highest BCUT2D eigenvalue weighted by Crippen LogP contribution is 2.47. The van der Waals surface area contributed by atoms with Crippen LogP contribution in [0.2, 0.25) is 0 Å². The number of hydrogen-bond acceptors (Lipinski definition) is 3. The van der Waals surface area contributed by atoms with Crippen LogP contribution in [0.4, 0.5) is 0 Å². The number of carbonyl (C=O) groups is 1. The number of hydrogen-bond donors (Lipinski definition) is 1. The molecule has 1 N–H and O–H groups in total. The van der Waals surface area contributed by atoms with Gasteiger partial charge in [0.2, 0.25) is 3.79 Å². The van der Waals surface area contributed by atoms with E-state index < -0.39 is 15.9 Å². The molecular weight excluding hydrogens is 262 g/mol. The van der Waals surface area contributed by atoms with Crippen molar-refractivity contribution in [2.75, 3.05) is 0 Å². The van der Waals surface area contributed by atoms with Gasteiger partial charge in [-0.3, -0.25) is 0 Å². The van der Waals surface area contributed by atoms with Gasteiger partial charge in [-0.05, 0) is 12.1 Å². The molecule has 1 aliphatic rings. The average molecular weight is 267 g/mol. The molecule has 1 heterocycles. The highest BCUT2D eigenvalue weighted by Gasteiger charge is 2.44. The van der Waals surface area contributed by atoms with Gasteiger partial charge in [-0.2, -0.15) is 0 Å². The number of fused-ring (bicyclic) bond motifs is 1. The van der Waals surface area contributed by atoms with Crippen molar-refractivity contribution in [2.24, 2.45) is 0 Å². The largest absolute Gasteiger partial charge is 0.508 e. The van der Waals surface area contributed by atoms with Gasteiger partial charge in [0.05, 0.1) is 5.56 Å². The molecule has 0 aliphatic carbocycles. The molecule has 0 bridgehead atoms. The number of benzene rings is 1. The van der Waals surface area contributed by atoms with Crippen molar-refractivity contribution < 1.29 is 14.6 Å². The smallest absolute Gasteiger partial charge is 0.339 e. The summed E-state index contributed by atoms with van der Waals surface area (Å²) in [6, 6.07) is 4.19. The number of aromatic hydroxyl groups is 1. The topological polar surface area (TPSA) is 46.5 Å². The number of phenolic OH excluding ortho intramolecular Hbond substituents is 1. The third-order valence-electron chi connectivity index (χ3n) is 2.06. The van der Waals surface area contributed by atoms with Crippen molar-refractivity contribution in [3.05, 3.63) is 29.3 Å². The molecule has 15 heavy (non-hydrogen) atoms. The Bertz CT molecular complexity index is 425. The zero-order valence-electron chi connectivity index (χ0n) is 7.21. The van der Waals surface area contributed by atoms with E-state index in [1.54, 1.807) is 0 Å². The second-order valence-corrected chi connectivity index (χ2v) is 5.47. The molecule has 0 saturated heterocycles. The highest BCUT2D eigenvalue weighted by atomic mass is 35.6. The first kappa shape index (κ1) is 10.9. The normalized spacial score (nSPS) is 19.9. The Morgan fingerprint density at radius 2 is 2.00 bits per heavy atom. The molecule has 1 atom stereocenters.